The molecule has 0 atom stereocenters. The molecular weight excluding hydrogens is 272 g/mol. The molecule has 0 aliphatic heterocycles. The van der Waals surface area contributed by atoms with Crippen molar-refractivity contribution in [2.75, 3.05) is 6.54 Å². The van der Waals surface area contributed by atoms with E-state index >= 15 is 0 Å². The second-order valence-corrected chi connectivity index (χ2v) is 3.88. The number of rotatable bonds is 3. The number of carbonyl (C=O) groups excluding carboxylic acids is 1. The van der Waals surface area contributed by atoms with Crippen LogP contribution in [0.3, 0.4) is 0 Å². The Morgan fingerprint density at radius 3 is 2.79 bits per heavy atom. The van der Waals surface area contributed by atoms with Gasteiger partial charge in [0.2, 0.25) is 0 Å². The number of ketones is 1. The lowest BCUT2D eigenvalue weighted by atomic mass is 10.1. The Labute approximate surface area is 94.4 Å². The summed E-state index contributed by atoms with van der Waals surface area (Å²) in [4.78, 5) is 11.4. The monoisotopic (exact) mass is 279 g/mol. The fraction of sp³-hybridized carbons (Fsp3) is 0.222. The molecule has 0 amide bonds. The molecular formula is C9H8BrClFNO. The van der Waals surface area contributed by atoms with Gasteiger partial charge in [0.1, 0.15) is 5.82 Å². The van der Waals surface area contributed by atoms with Crippen molar-refractivity contribution in [1.29, 1.82) is 0 Å². The van der Waals surface area contributed by atoms with Gasteiger partial charge in [-0.3, -0.25) is 4.79 Å². The van der Waals surface area contributed by atoms with E-state index in [0.29, 0.717) is 5.02 Å². The fourth-order valence-corrected chi connectivity index (χ4v) is 1.74. The molecule has 0 saturated carbocycles. The van der Waals surface area contributed by atoms with Crippen molar-refractivity contribution in [2.24, 2.45) is 5.73 Å². The lowest BCUT2D eigenvalue weighted by Gasteiger charge is -2.05. The summed E-state index contributed by atoms with van der Waals surface area (Å²) in [6.07, 6.45) is 0.107. The van der Waals surface area contributed by atoms with E-state index in [4.69, 9.17) is 17.3 Å². The highest BCUT2D eigenvalue weighted by atomic mass is 79.9. The van der Waals surface area contributed by atoms with Gasteiger partial charge in [-0.1, -0.05) is 11.6 Å². The first-order valence-corrected chi connectivity index (χ1v) is 5.11. The first-order valence-electron chi connectivity index (χ1n) is 3.94. The SMILES string of the molecule is NCCC(=O)c1c(F)ccc(Cl)c1Br. The molecule has 0 aliphatic rings. The first kappa shape index (κ1) is 11.6. The van der Waals surface area contributed by atoms with Crippen molar-refractivity contribution >= 4 is 33.3 Å². The van der Waals surface area contributed by atoms with Crippen molar-refractivity contribution in [3.63, 3.8) is 0 Å². The summed E-state index contributed by atoms with van der Waals surface area (Å²) in [6, 6.07) is 2.55. The topological polar surface area (TPSA) is 43.1 Å². The van der Waals surface area contributed by atoms with E-state index in [1.165, 1.54) is 6.07 Å². The summed E-state index contributed by atoms with van der Waals surface area (Å²) in [7, 11) is 0. The van der Waals surface area contributed by atoms with Gasteiger partial charge >= 0.3 is 0 Å². The molecule has 1 rings (SSSR count). The molecule has 2 nitrogen and oxygen atoms in total. The first-order chi connectivity index (χ1) is 6.57. The van der Waals surface area contributed by atoms with Crippen molar-refractivity contribution in [2.45, 2.75) is 6.42 Å². The molecule has 0 aromatic heterocycles. The molecule has 0 aliphatic carbocycles. The molecule has 0 unspecified atom stereocenters. The highest BCUT2D eigenvalue weighted by Gasteiger charge is 2.16. The maximum Gasteiger partial charge on any atom is 0.168 e. The van der Waals surface area contributed by atoms with Gasteiger partial charge in [0.05, 0.1) is 10.6 Å². The zero-order valence-electron chi connectivity index (χ0n) is 7.19. The summed E-state index contributed by atoms with van der Waals surface area (Å²) < 4.78 is 13.5. The minimum atomic E-state index is -0.584. The zero-order chi connectivity index (χ0) is 10.7. The summed E-state index contributed by atoms with van der Waals surface area (Å²) >= 11 is 8.80. The Kier molecular flexibility index (Phi) is 4.04. The van der Waals surface area contributed by atoms with Crippen LogP contribution in [0.5, 0.6) is 0 Å². The highest BCUT2D eigenvalue weighted by Crippen LogP contribution is 2.29. The second-order valence-electron chi connectivity index (χ2n) is 2.68. The van der Waals surface area contributed by atoms with E-state index in [-0.39, 0.29) is 28.8 Å². The third kappa shape index (κ3) is 2.32. The van der Waals surface area contributed by atoms with Gasteiger partial charge in [-0.15, -0.1) is 0 Å². The van der Waals surface area contributed by atoms with Gasteiger partial charge in [0.15, 0.2) is 5.78 Å². The molecule has 1 aromatic rings. The quantitative estimate of drug-likeness (QED) is 0.683. The number of benzene rings is 1. The van der Waals surface area contributed by atoms with Crippen molar-refractivity contribution in [1.82, 2.24) is 0 Å². The van der Waals surface area contributed by atoms with Gasteiger partial charge in [0.25, 0.3) is 0 Å². The molecule has 0 radical (unpaired) electrons. The van der Waals surface area contributed by atoms with Crippen LogP contribution in [-0.2, 0) is 0 Å². The molecule has 0 bridgehead atoms. The van der Waals surface area contributed by atoms with Gasteiger partial charge in [-0.2, -0.15) is 0 Å². The fourth-order valence-electron chi connectivity index (χ4n) is 1.04. The Morgan fingerprint density at radius 1 is 1.57 bits per heavy atom. The molecule has 76 valence electrons. The van der Waals surface area contributed by atoms with Crippen LogP contribution in [0.15, 0.2) is 16.6 Å². The predicted molar refractivity (Wildman–Crippen MR) is 57.1 cm³/mol. The normalized spacial score (nSPS) is 10.3. The lowest BCUT2D eigenvalue weighted by Crippen LogP contribution is -2.10. The van der Waals surface area contributed by atoms with Gasteiger partial charge < -0.3 is 5.73 Å². The van der Waals surface area contributed by atoms with Crippen LogP contribution < -0.4 is 5.73 Å². The number of hydrogen-bond acceptors (Lipinski definition) is 2. The van der Waals surface area contributed by atoms with Crippen LogP contribution >= 0.6 is 27.5 Å². The maximum absolute atomic E-state index is 13.3. The molecule has 1 aromatic carbocycles. The van der Waals surface area contributed by atoms with Gasteiger partial charge in [-0.25, -0.2) is 4.39 Å². The second kappa shape index (κ2) is 4.87. The smallest absolute Gasteiger partial charge is 0.168 e. The van der Waals surface area contributed by atoms with Crippen LogP contribution in [0.2, 0.25) is 5.02 Å². The van der Waals surface area contributed by atoms with Crippen LogP contribution in [0.25, 0.3) is 0 Å². The van der Waals surface area contributed by atoms with E-state index in [1.54, 1.807) is 0 Å². The van der Waals surface area contributed by atoms with Gasteiger partial charge in [-0.05, 0) is 34.6 Å². The molecule has 0 heterocycles. The van der Waals surface area contributed by atoms with Crippen molar-refractivity contribution in [3.8, 4) is 0 Å². The Bertz CT molecular complexity index is 370. The number of hydrogen-bond donors (Lipinski definition) is 1. The maximum atomic E-state index is 13.3. The predicted octanol–water partition coefficient (Wildman–Crippen LogP) is 2.77. The zero-order valence-corrected chi connectivity index (χ0v) is 9.53. The summed E-state index contributed by atoms with van der Waals surface area (Å²) in [6.45, 7) is 0.192. The Balaban J connectivity index is 3.18. The molecule has 5 heteroatoms. The Hall–Kier alpha value is -0.450. The largest absolute Gasteiger partial charge is 0.330 e. The number of halogens is 3. The minimum Gasteiger partial charge on any atom is -0.330 e. The van der Waals surface area contributed by atoms with E-state index in [9.17, 15) is 9.18 Å². The molecule has 2 N–H and O–H groups in total. The molecule has 14 heavy (non-hydrogen) atoms. The van der Waals surface area contributed by atoms with Crippen molar-refractivity contribution in [3.05, 3.63) is 33.0 Å². The van der Waals surface area contributed by atoms with Crippen LogP contribution in [-0.4, -0.2) is 12.3 Å². The summed E-state index contributed by atoms with van der Waals surface area (Å²) in [5.41, 5.74) is 5.19. The van der Waals surface area contributed by atoms with E-state index < -0.39 is 5.82 Å². The minimum absolute atomic E-state index is 0.0250. The molecule has 0 fully saturated rings. The Morgan fingerprint density at radius 2 is 2.21 bits per heavy atom. The van der Waals surface area contributed by atoms with Crippen LogP contribution in [0.1, 0.15) is 16.8 Å². The van der Waals surface area contributed by atoms with E-state index in [2.05, 4.69) is 15.9 Å². The van der Waals surface area contributed by atoms with Crippen LogP contribution in [0, 0.1) is 5.82 Å². The average Bonchev–Trinajstić information content (AvgIpc) is 2.13. The summed E-state index contributed by atoms with van der Waals surface area (Å²) in [5.74, 6) is -0.931. The summed E-state index contributed by atoms with van der Waals surface area (Å²) in [5, 5.41) is 0.312. The highest BCUT2D eigenvalue weighted by molar-refractivity contribution is 9.10. The average molecular weight is 281 g/mol. The third-order valence-corrected chi connectivity index (χ3v) is 3.06. The van der Waals surface area contributed by atoms with Crippen molar-refractivity contribution < 1.29 is 9.18 Å². The van der Waals surface area contributed by atoms with E-state index in [0.717, 1.165) is 6.07 Å². The van der Waals surface area contributed by atoms with Gasteiger partial charge in [0, 0.05) is 10.9 Å². The number of nitrogens with two attached hydrogens (primary N) is 1. The number of carbonyl (C=O) groups is 1. The standard InChI is InChI=1S/C9H8BrClFNO/c10-9-5(11)1-2-6(12)8(9)7(14)3-4-13/h1-2H,3-4,13H2. The number of Topliss-reactive ketones (excluding diaryl/α,β-unsaturated/α-hetero) is 1. The molecule has 0 saturated heterocycles. The van der Waals surface area contributed by atoms with E-state index in [1.807, 2.05) is 0 Å². The third-order valence-electron chi connectivity index (χ3n) is 1.69. The van der Waals surface area contributed by atoms with Crippen LogP contribution in [0.4, 0.5) is 4.39 Å². The molecule has 0 spiro atoms. The lowest BCUT2D eigenvalue weighted by molar-refractivity contribution is 0.0981.